The van der Waals surface area contributed by atoms with Crippen LogP contribution in [0, 0.1) is 11.3 Å². The lowest BCUT2D eigenvalue weighted by molar-refractivity contribution is 0.153. The number of rotatable bonds is 6. The highest BCUT2D eigenvalue weighted by atomic mass is 16.5. The summed E-state index contributed by atoms with van der Waals surface area (Å²) in [7, 11) is 0. The Hall–Kier alpha value is -4.51. The number of hydrogen-bond donors (Lipinski definition) is 2. The maximum absolute atomic E-state index is 14.5. The van der Waals surface area contributed by atoms with Gasteiger partial charge < -0.3 is 19.8 Å². The molecule has 212 valence electrons. The van der Waals surface area contributed by atoms with E-state index in [1.165, 1.54) is 0 Å². The minimum atomic E-state index is -0.771. The highest BCUT2D eigenvalue weighted by molar-refractivity contribution is 6.11. The van der Waals surface area contributed by atoms with Crippen LogP contribution in [-0.4, -0.2) is 51.6 Å². The Morgan fingerprint density at radius 2 is 1.59 bits per heavy atom. The van der Waals surface area contributed by atoms with Gasteiger partial charge in [-0.1, -0.05) is 30.3 Å². The summed E-state index contributed by atoms with van der Waals surface area (Å²) in [5.74, 6) is 1.32. The number of carbonyl (C=O) groups is 1. The molecule has 5 rings (SSSR count). The van der Waals surface area contributed by atoms with E-state index in [0.29, 0.717) is 36.8 Å². The van der Waals surface area contributed by atoms with E-state index >= 15 is 0 Å². The number of benzene rings is 3. The van der Waals surface area contributed by atoms with E-state index in [4.69, 9.17) is 9.73 Å². The molecule has 2 aliphatic rings. The Morgan fingerprint density at radius 3 is 2.17 bits per heavy atom. The van der Waals surface area contributed by atoms with Crippen molar-refractivity contribution in [2.24, 2.45) is 4.99 Å². The molecule has 2 unspecified atom stereocenters. The standard InChI is InChI=1S/C33H36N4O4/c1-4-41-28-17-12-24(33(2,3)21-34)20-27(28)31-35-29(22-8-13-25(38)14-9-22)30(23-10-15-26(39)16-11-23)37(31)32(40)36-18-6-5-7-19-36/h8-17,20,29-30,38-39H,4-7,18-19H2,1-3H3. The summed E-state index contributed by atoms with van der Waals surface area (Å²) in [5.41, 5.74) is 2.31. The summed E-state index contributed by atoms with van der Waals surface area (Å²) < 4.78 is 6.06. The number of phenols is 2. The fourth-order valence-electron chi connectivity index (χ4n) is 5.55. The molecule has 3 aromatic carbocycles. The second-order valence-corrected chi connectivity index (χ2v) is 11.1. The van der Waals surface area contributed by atoms with Crippen molar-refractivity contribution in [3.05, 3.63) is 89.0 Å². The Morgan fingerprint density at radius 1 is 0.976 bits per heavy atom. The number of piperidine rings is 1. The lowest BCUT2D eigenvalue weighted by atomic mass is 9.85. The molecular formula is C33H36N4O4. The number of aromatic hydroxyl groups is 2. The molecule has 8 heteroatoms. The number of nitriles is 1. The zero-order valence-corrected chi connectivity index (χ0v) is 23.7. The minimum absolute atomic E-state index is 0.132. The average molecular weight is 553 g/mol. The topological polar surface area (TPSA) is 109 Å². The normalized spacial score (nSPS) is 19.0. The van der Waals surface area contributed by atoms with Crippen molar-refractivity contribution in [1.82, 2.24) is 9.80 Å². The van der Waals surface area contributed by atoms with Crippen molar-refractivity contribution >= 4 is 11.9 Å². The van der Waals surface area contributed by atoms with Crippen LogP contribution >= 0.6 is 0 Å². The maximum atomic E-state index is 14.5. The van der Waals surface area contributed by atoms with E-state index in [9.17, 15) is 20.3 Å². The zero-order valence-electron chi connectivity index (χ0n) is 23.7. The highest BCUT2D eigenvalue weighted by Crippen LogP contribution is 2.46. The SMILES string of the molecule is CCOc1ccc(C(C)(C)C#N)cc1C1=NC(c2ccc(O)cc2)C(c2ccc(O)cc2)N1C(=O)N1CCCCC1. The molecule has 0 saturated carbocycles. The van der Waals surface area contributed by atoms with Crippen LogP contribution in [-0.2, 0) is 5.41 Å². The summed E-state index contributed by atoms with van der Waals surface area (Å²) in [6, 6.07) is 20.6. The first-order chi connectivity index (χ1) is 19.7. The van der Waals surface area contributed by atoms with Gasteiger partial charge in [-0.3, -0.25) is 9.89 Å². The van der Waals surface area contributed by atoms with Gasteiger partial charge >= 0.3 is 6.03 Å². The number of amidine groups is 1. The molecule has 0 radical (unpaired) electrons. The predicted octanol–water partition coefficient (Wildman–Crippen LogP) is 6.45. The molecule has 0 aromatic heterocycles. The van der Waals surface area contributed by atoms with E-state index in [-0.39, 0.29) is 17.5 Å². The van der Waals surface area contributed by atoms with Gasteiger partial charge in [0.25, 0.3) is 0 Å². The first kappa shape index (κ1) is 28.0. The van der Waals surface area contributed by atoms with Crippen LogP contribution in [0.15, 0.2) is 71.7 Å². The number of phenolic OH excluding ortho intramolecular Hbond substituents is 2. The molecule has 2 amide bonds. The average Bonchev–Trinajstić information content (AvgIpc) is 3.38. The van der Waals surface area contributed by atoms with Gasteiger partial charge in [0.2, 0.25) is 0 Å². The third-order valence-electron chi connectivity index (χ3n) is 7.89. The molecule has 0 spiro atoms. The highest BCUT2D eigenvalue weighted by Gasteiger charge is 2.45. The van der Waals surface area contributed by atoms with Crippen molar-refractivity contribution in [2.45, 2.75) is 57.5 Å². The van der Waals surface area contributed by atoms with Crippen LogP contribution < -0.4 is 4.74 Å². The summed E-state index contributed by atoms with van der Waals surface area (Å²) in [4.78, 5) is 23.3. The van der Waals surface area contributed by atoms with Crippen LogP contribution in [0.4, 0.5) is 4.79 Å². The molecule has 2 heterocycles. The Labute approximate surface area is 241 Å². The monoisotopic (exact) mass is 552 g/mol. The van der Waals surface area contributed by atoms with Crippen LogP contribution in [0.2, 0.25) is 0 Å². The third kappa shape index (κ3) is 5.58. The first-order valence-corrected chi connectivity index (χ1v) is 14.2. The van der Waals surface area contributed by atoms with Crippen molar-refractivity contribution in [2.75, 3.05) is 19.7 Å². The summed E-state index contributed by atoms with van der Waals surface area (Å²) in [5, 5.41) is 30.0. The van der Waals surface area contributed by atoms with Gasteiger partial charge in [-0.15, -0.1) is 0 Å². The van der Waals surface area contributed by atoms with Gasteiger partial charge in [-0.2, -0.15) is 5.26 Å². The molecule has 8 nitrogen and oxygen atoms in total. The van der Waals surface area contributed by atoms with E-state index in [1.54, 1.807) is 29.2 Å². The Bertz CT molecular complexity index is 1470. The van der Waals surface area contributed by atoms with E-state index in [1.807, 2.05) is 68.1 Å². The van der Waals surface area contributed by atoms with E-state index in [0.717, 1.165) is 36.0 Å². The number of likely N-dealkylation sites (tertiary alicyclic amines) is 1. The third-order valence-corrected chi connectivity index (χ3v) is 7.89. The molecular weight excluding hydrogens is 516 g/mol. The Balaban J connectivity index is 1.74. The van der Waals surface area contributed by atoms with Gasteiger partial charge in [0, 0.05) is 13.1 Å². The molecule has 3 aromatic rings. The second kappa shape index (κ2) is 11.5. The second-order valence-electron chi connectivity index (χ2n) is 11.1. The minimum Gasteiger partial charge on any atom is -0.508 e. The van der Waals surface area contributed by atoms with Crippen LogP contribution in [0.3, 0.4) is 0 Å². The van der Waals surface area contributed by atoms with Crippen LogP contribution in [0.1, 0.15) is 74.4 Å². The van der Waals surface area contributed by atoms with Crippen molar-refractivity contribution < 1.29 is 19.7 Å². The number of hydrogen-bond acceptors (Lipinski definition) is 6. The molecule has 0 aliphatic carbocycles. The number of urea groups is 1. The van der Waals surface area contributed by atoms with Crippen LogP contribution in [0.25, 0.3) is 0 Å². The fourth-order valence-corrected chi connectivity index (χ4v) is 5.55. The van der Waals surface area contributed by atoms with Crippen molar-refractivity contribution in [3.8, 4) is 23.3 Å². The van der Waals surface area contributed by atoms with Gasteiger partial charge in [-0.05, 0) is 93.1 Å². The van der Waals surface area contributed by atoms with Gasteiger partial charge in [0.05, 0.1) is 29.7 Å². The molecule has 41 heavy (non-hydrogen) atoms. The van der Waals surface area contributed by atoms with Crippen LogP contribution in [0.5, 0.6) is 17.2 Å². The maximum Gasteiger partial charge on any atom is 0.326 e. The number of nitrogens with zero attached hydrogens (tertiary/aromatic N) is 4. The van der Waals surface area contributed by atoms with Gasteiger partial charge in [0.15, 0.2) is 0 Å². The molecule has 2 N–H and O–H groups in total. The van der Waals surface area contributed by atoms with Gasteiger partial charge in [-0.25, -0.2) is 4.79 Å². The summed E-state index contributed by atoms with van der Waals surface area (Å²) in [6.07, 6.45) is 2.96. The van der Waals surface area contributed by atoms with E-state index < -0.39 is 17.5 Å². The van der Waals surface area contributed by atoms with Gasteiger partial charge in [0.1, 0.15) is 29.1 Å². The molecule has 2 aliphatic heterocycles. The quantitative estimate of drug-likeness (QED) is 0.365. The first-order valence-electron chi connectivity index (χ1n) is 14.2. The Kier molecular flexibility index (Phi) is 7.89. The summed E-state index contributed by atoms with van der Waals surface area (Å²) >= 11 is 0. The summed E-state index contributed by atoms with van der Waals surface area (Å²) in [6.45, 7) is 7.37. The van der Waals surface area contributed by atoms with Crippen molar-refractivity contribution in [1.29, 1.82) is 5.26 Å². The fraction of sp³-hybridized carbons (Fsp3) is 0.364. The zero-order chi connectivity index (χ0) is 29.1. The molecule has 1 fully saturated rings. The molecule has 0 bridgehead atoms. The lowest BCUT2D eigenvalue weighted by Crippen LogP contribution is -2.48. The number of carbonyl (C=O) groups excluding carboxylic acids is 1. The largest absolute Gasteiger partial charge is 0.508 e. The number of amides is 2. The number of ether oxygens (including phenoxy) is 1. The lowest BCUT2D eigenvalue weighted by Gasteiger charge is -2.36. The smallest absolute Gasteiger partial charge is 0.326 e. The number of aliphatic imine (C=N–C) groups is 1. The molecule has 1 saturated heterocycles. The van der Waals surface area contributed by atoms with E-state index in [2.05, 4.69) is 6.07 Å². The van der Waals surface area contributed by atoms with Crippen molar-refractivity contribution in [3.63, 3.8) is 0 Å². The molecule has 2 atom stereocenters. The predicted molar refractivity (Wildman–Crippen MR) is 157 cm³/mol.